The van der Waals surface area contributed by atoms with Crippen molar-refractivity contribution in [3.8, 4) is 23.3 Å². The van der Waals surface area contributed by atoms with E-state index in [1.807, 2.05) is 0 Å². The maximum Gasteiger partial charge on any atom is 0.417 e. The van der Waals surface area contributed by atoms with Gasteiger partial charge >= 0.3 is 6.18 Å². The van der Waals surface area contributed by atoms with E-state index in [-0.39, 0.29) is 86.3 Å². The van der Waals surface area contributed by atoms with Crippen molar-refractivity contribution < 1.29 is 60.5 Å². The highest BCUT2D eigenvalue weighted by Crippen LogP contribution is 2.39. The molecule has 0 bridgehead atoms. The fourth-order valence-electron chi connectivity index (χ4n) is 6.65. The van der Waals surface area contributed by atoms with Gasteiger partial charge in [-0.1, -0.05) is 26.0 Å². The van der Waals surface area contributed by atoms with Gasteiger partial charge in [0.15, 0.2) is 6.10 Å². The summed E-state index contributed by atoms with van der Waals surface area (Å²) in [5, 5.41) is 11.2. The van der Waals surface area contributed by atoms with Gasteiger partial charge in [0, 0.05) is 36.6 Å². The first kappa shape index (κ1) is 38.7. The lowest BCUT2D eigenvalue weighted by molar-refractivity contribution is -0.138. The first-order valence-electron chi connectivity index (χ1n) is 17.1. The minimum Gasteiger partial charge on any atom is -0.491 e. The Labute approximate surface area is 311 Å². The van der Waals surface area contributed by atoms with Crippen LogP contribution < -0.4 is 19.5 Å². The molecule has 0 saturated carbocycles. The normalized spacial score (nSPS) is 19.3. The van der Waals surface area contributed by atoms with Crippen LogP contribution >= 0.6 is 0 Å². The van der Waals surface area contributed by atoms with E-state index in [9.17, 15) is 37.1 Å². The number of halogens is 4. The predicted octanol–water partition coefficient (Wildman–Crippen LogP) is 4.41. The van der Waals surface area contributed by atoms with Crippen LogP contribution in [0, 0.1) is 22.6 Å². The number of ether oxygens (including phenoxy) is 4. The first-order valence-corrected chi connectivity index (χ1v) is 17.1. The van der Waals surface area contributed by atoms with E-state index in [1.54, 1.807) is 19.9 Å². The van der Waals surface area contributed by atoms with E-state index in [4.69, 9.17) is 24.2 Å². The van der Waals surface area contributed by atoms with Crippen LogP contribution in [-0.2, 0) is 31.8 Å². The molecule has 0 radical (unpaired) electrons. The Morgan fingerprint density at radius 3 is 2.35 bits per heavy atom. The summed E-state index contributed by atoms with van der Waals surface area (Å²) >= 11 is 0. The molecule has 17 heteroatoms. The molecule has 13 nitrogen and oxygen atoms in total. The van der Waals surface area contributed by atoms with Gasteiger partial charge in [-0.05, 0) is 42.8 Å². The van der Waals surface area contributed by atoms with Crippen LogP contribution in [0.5, 0.6) is 17.2 Å². The van der Waals surface area contributed by atoms with Gasteiger partial charge in [0.05, 0.1) is 41.5 Å². The topological polar surface area (TPSA) is 165 Å². The molecular formula is C38H34F4N4O9. The summed E-state index contributed by atoms with van der Waals surface area (Å²) in [4.78, 5) is 65.6. The second-order valence-corrected chi connectivity index (χ2v) is 13.7. The van der Waals surface area contributed by atoms with Crippen molar-refractivity contribution in [2.45, 2.75) is 51.6 Å². The molecule has 3 aromatic rings. The molecule has 0 aromatic heterocycles. The number of hydrogen-bond acceptors (Lipinski definition) is 10. The van der Waals surface area contributed by atoms with Crippen LogP contribution in [0.25, 0.3) is 0 Å². The number of carbonyl (C=O) groups is 5. The van der Waals surface area contributed by atoms with Gasteiger partial charge < -0.3 is 23.8 Å². The number of nitriles is 1. The van der Waals surface area contributed by atoms with Crippen molar-refractivity contribution in [3.05, 3.63) is 88.2 Å². The Bertz CT molecular complexity index is 2100. The number of nitrogens with zero attached hydrogens (tertiary/aromatic N) is 3. The fraction of sp³-hybridized carbons (Fsp3) is 0.368. The summed E-state index contributed by atoms with van der Waals surface area (Å²) in [5.41, 5.74) is -2.32. The minimum absolute atomic E-state index is 0.000340. The van der Waals surface area contributed by atoms with Crippen LogP contribution in [0.4, 0.5) is 17.6 Å². The van der Waals surface area contributed by atoms with E-state index < -0.39 is 70.2 Å². The third-order valence-corrected chi connectivity index (χ3v) is 9.31. The molecule has 0 spiro atoms. The Balaban J connectivity index is 0.960. The Hall–Kier alpha value is -6.02. The number of nitrogens with one attached hydrogen (secondary N) is 1. The van der Waals surface area contributed by atoms with Gasteiger partial charge in [-0.2, -0.15) is 18.4 Å². The number of amides is 5. The molecule has 2 saturated heterocycles. The molecule has 0 aliphatic carbocycles. The summed E-state index contributed by atoms with van der Waals surface area (Å²) in [6, 6.07) is 11.9. The molecule has 5 amide bonds. The molecule has 2 fully saturated rings. The molecule has 3 aliphatic heterocycles. The quantitative estimate of drug-likeness (QED) is 0.150. The second-order valence-electron chi connectivity index (χ2n) is 13.7. The predicted molar refractivity (Wildman–Crippen MR) is 181 cm³/mol. The summed E-state index contributed by atoms with van der Waals surface area (Å²) in [7, 11) is 0. The highest BCUT2D eigenvalue weighted by atomic mass is 19.4. The maximum absolute atomic E-state index is 15.1. The average Bonchev–Trinajstić information content (AvgIpc) is 3.51. The van der Waals surface area contributed by atoms with Crippen molar-refractivity contribution >= 4 is 29.5 Å². The van der Waals surface area contributed by atoms with Gasteiger partial charge in [0.1, 0.15) is 42.3 Å². The lowest BCUT2D eigenvalue weighted by atomic mass is 9.89. The van der Waals surface area contributed by atoms with Gasteiger partial charge in [0.25, 0.3) is 17.7 Å². The zero-order valence-corrected chi connectivity index (χ0v) is 29.5. The van der Waals surface area contributed by atoms with Crippen LogP contribution in [0.1, 0.15) is 64.1 Å². The van der Waals surface area contributed by atoms with Crippen molar-refractivity contribution in [2.75, 3.05) is 33.0 Å². The molecule has 55 heavy (non-hydrogen) atoms. The van der Waals surface area contributed by atoms with Crippen LogP contribution in [0.2, 0.25) is 0 Å². The first-order chi connectivity index (χ1) is 26.1. The van der Waals surface area contributed by atoms with E-state index in [0.717, 1.165) is 17.0 Å². The van der Waals surface area contributed by atoms with E-state index >= 15 is 4.39 Å². The van der Waals surface area contributed by atoms with Crippen LogP contribution in [0.3, 0.4) is 0 Å². The van der Waals surface area contributed by atoms with Crippen LogP contribution in [-0.4, -0.2) is 84.5 Å². The summed E-state index contributed by atoms with van der Waals surface area (Å²) in [6.07, 6.45) is -5.93. The SMILES string of the molecule is CC1(C)CN(Cc2ccc(OCCOCCOc3cccc4c3C(=O)N(C3CCC(=O)NC3=O)C4=O)cc2F)C(=O)C1Oc1ccc(C#N)c(C(F)(F)F)c1. The van der Waals surface area contributed by atoms with Crippen LogP contribution in [0.15, 0.2) is 54.6 Å². The lowest BCUT2D eigenvalue weighted by Crippen LogP contribution is -2.54. The molecule has 3 heterocycles. The second kappa shape index (κ2) is 15.4. The lowest BCUT2D eigenvalue weighted by Gasteiger charge is -2.27. The van der Waals surface area contributed by atoms with E-state index in [0.29, 0.717) is 6.07 Å². The number of hydrogen-bond donors (Lipinski definition) is 1. The molecule has 3 aromatic carbocycles. The van der Waals surface area contributed by atoms with Crippen molar-refractivity contribution in [1.29, 1.82) is 5.26 Å². The Kier molecular flexibility index (Phi) is 10.8. The Morgan fingerprint density at radius 1 is 0.927 bits per heavy atom. The zero-order chi connectivity index (χ0) is 39.7. The monoisotopic (exact) mass is 766 g/mol. The number of fused-ring (bicyclic) bond motifs is 1. The van der Waals surface area contributed by atoms with Gasteiger partial charge in [0.2, 0.25) is 11.8 Å². The molecular weight excluding hydrogens is 732 g/mol. The standard InChI is InChI=1S/C38H34F4N4O9/c1-37(2)20-45(36(51)32(37)55-24-9-6-21(18-43)26(16-24)38(40,41)42)19-22-7-8-23(17-27(22)39)53-14-12-52-13-15-54-29-5-3-4-25-31(29)35(50)46(34(25)49)28-10-11-30(47)44-33(28)48/h3-9,16-17,28,32H,10-15,19-20H2,1-2H3,(H,44,47,48). The smallest absolute Gasteiger partial charge is 0.417 e. The number of benzene rings is 3. The fourth-order valence-corrected chi connectivity index (χ4v) is 6.65. The molecule has 2 atom stereocenters. The minimum atomic E-state index is -4.80. The number of carbonyl (C=O) groups excluding carboxylic acids is 5. The molecule has 288 valence electrons. The summed E-state index contributed by atoms with van der Waals surface area (Å²) in [5.74, 6) is -3.62. The van der Waals surface area contributed by atoms with Gasteiger partial charge in [-0.3, -0.25) is 34.2 Å². The number of piperidine rings is 1. The highest BCUT2D eigenvalue weighted by molar-refractivity contribution is 6.24. The molecule has 6 rings (SSSR count). The van der Waals surface area contributed by atoms with Gasteiger partial charge in [-0.25, -0.2) is 4.39 Å². The number of rotatable bonds is 13. The zero-order valence-electron chi connectivity index (χ0n) is 29.5. The third kappa shape index (κ3) is 8.09. The Morgan fingerprint density at radius 2 is 1.65 bits per heavy atom. The van der Waals surface area contributed by atoms with Crippen molar-refractivity contribution in [3.63, 3.8) is 0 Å². The van der Waals surface area contributed by atoms with Gasteiger partial charge in [-0.15, -0.1) is 0 Å². The largest absolute Gasteiger partial charge is 0.491 e. The summed E-state index contributed by atoms with van der Waals surface area (Å²) < 4.78 is 78.1. The number of alkyl halides is 3. The number of likely N-dealkylation sites (tertiary alicyclic amines) is 1. The van der Waals surface area contributed by atoms with Crippen molar-refractivity contribution in [2.24, 2.45) is 5.41 Å². The number of imide groups is 2. The average molecular weight is 767 g/mol. The van der Waals surface area contributed by atoms with Crippen molar-refractivity contribution in [1.82, 2.24) is 15.1 Å². The maximum atomic E-state index is 15.1. The third-order valence-electron chi connectivity index (χ3n) is 9.31. The summed E-state index contributed by atoms with van der Waals surface area (Å²) in [6.45, 7) is 3.62. The highest BCUT2D eigenvalue weighted by Gasteiger charge is 2.49. The van der Waals surface area contributed by atoms with E-state index in [1.165, 1.54) is 41.3 Å². The molecule has 3 aliphatic rings. The molecule has 2 unspecified atom stereocenters. The molecule has 1 N–H and O–H groups in total. The van der Waals surface area contributed by atoms with E-state index in [2.05, 4.69) is 5.32 Å².